The van der Waals surface area contributed by atoms with Gasteiger partial charge < -0.3 is 19.6 Å². The number of carbonyl (C=O) groups is 1. The van der Waals surface area contributed by atoms with E-state index in [9.17, 15) is 9.90 Å². The number of aliphatic hydroxyl groups is 1. The molecule has 5 heteroatoms. The van der Waals surface area contributed by atoms with Crippen molar-refractivity contribution in [2.75, 3.05) is 20.3 Å². The van der Waals surface area contributed by atoms with Gasteiger partial charge in [-0.1, -0.05) is 19.3 Å². The minimum absolute atomic E-state index is 0.00503. The fourth-order valence-corrected chi connectivity index (χ4v) is 3.09. The third-order valence-electron chi connectivity index (χ3n) is 4.42. The van der Waals surface area contributed by atoms with Gasteiger partial charge in [-0.25, -0.2) is 4.79 Å². The number of nitrogens with one attached hydrogen (secondary N) is 1. The van der Waals surface area contributed by atoms with Crippen LogP contribution in [0.4, 0.5) is 0 Å². The number of esters is 1. The number of furan rings is 1. The number of carbonyl (C=O) groups excluding carboxylic acids is 1. The number of ether oxygens (including phenoxy) is 1. The van der Waals surface area contributed by atoms with Crippen molar-refractivity contribution in [3.05, 3.63) is 23.2 Å². The topological polar surface area (TPSA) is 71.7 Å². The zero-order valence-corrected chi connectivity index (χ0v) is 12.9. The largest absolute Gasteiger partial charge is 0.465 e. The first-order chi connectivity index (χ1) is 10.1. The van der Waals surface area contributed by atoms with Gasteiger partial charge in [0.2, 0.25) is 0 Å². The van der Waals surface area contributed by atoms with Crippen LogP contribution in [-0.2, 0) is 11.3 Å². The lowest BCUT2D eigenvalue weighted by Gasteiger charge is -2.35. The van der Waals surface area contributed by atoms with Crippen LogP contribution >= 0.6 is 0 Å². The molecule has 0 aromatic carbocycles. The zero-order valence-electron chi connectivity index (χ0n) is 12.9. The van der Waals surface area contributed by atoms with Crippen LogP contribution in [0.15, 0.2) is 10.5 Å². The molecule has 1 heterocycles. The lowest BCUT2D eigenvalue weighted by Crippen LogP contribution is -2.38. The molecular formula is C16H25NO4. The molecule has 2 N–H and O–H groups in total. The van der Waals surface area contributed by atoms with Gasteiger partial charge in [0.1, 0.15) is 17.1 Å². The lowest BCUT2D eigenvalue weighted by atomic mass is 9.74. The Bertz CT molecular complexity index is 475. The molecule has 0 radical (unpaired) electrons. The Morgan fingerprint density at radius 3 is 2.76 bits per heavy atom. The second-order valence-electron chi connectivity index (χ2n) is 6.00. The number of rotatable bonds is 6. The van der Waals surface area contributed by atoms with E-state index >= 15 is 0 Å². The van der Waals surface area contributed by atoms with E-state index in [-0.39, 0.29) is 18.0 Å². The molecule has 118 valence electrons. The Kier molecular flexibility index (Phi) is 5.42. The van der Waals surface area contributed by atoms with Crippen LogP contribution < -0.4 is 5.32 Å². The molecule has 1 aromatic rings. The highest BCUT2D eigenvalue weighted by atomic mass is 16.5. The Morgan fingerprint density at radius 1 is 1.43 bits per heavy atom. The molecule has 1 aromatic heterocycles. The molecule has 0 amide bonds. The molecule has 0 aliphatic heterocycles. The highest BCUT2D eigenvalue weighted by molar-refractivity contribution is 5.90. The van der Waals surface area contributed by atoms with Crippen molar-refractivity contribution in [3.63, 3.8) is 0 Å². The van der Waals surface area contributed by atoms with Crippen LogP contribution in [0.3, 0.4) is 0 Å². The maximum absolute atomic E-state index is 11.5. The summed E-state index contributed by atoms with van der Waals surface area (Å²) in [6, 6.07) is 1.72. The van der Waals surface area contributed by atoms with Crippen LogP contribution in [-0.4, -0.2) is 31.3 Å². The molecule has 0 saturated heterocycles. The molecule has 1 aliphatic carbocycles. The van der Waals surface area contributed by atoms with Crippen molar-refractivity contribution in [1.29, 1.82) is 0 Å². The van der Waals surface area contributed by atoms with E-state index in [2.05, 4.69) is 5.32 Å². The predicted molar refractivity (Wildman–Crippen MR) is 79.1 cm³/mol. The Balaban J connectivity index is 1.89. The average molecular weight is 295 g/mol. The van der Waals surface area contributed by atoms with E-state index in [4.69, 9.17) is 9.15 Å². The lowest BCUT2D eigenvalue weighted by molar-refractivity contribution is 0.0599. The van der Waals surface area contributed by atoms with Crippen molar-refractivity contribution in [1.82, 2.24) is 5.32 Å². The number of aryl methyl sites for hydroxylation is 1. The normalized spacial score (nSPS) is 17.7. The van der Waals surface area contributed by atoms with Gasteiger partial charge in [0.05, 0.1) is 13.7 Å². The standard InChI is InChI=1S/C16H25NO4/c1-12-14(15(19)20-2)8-13(21-12)9-17-10-16(11-18)6-4-3-5-7-16/h8,17-18H,3-7,9-11H2,1-2H3. The first-order valence-corrected chi connectivity index (χ1v) is 7.59. The maximum atomic E-state index is 11.5. The predicted octanol–water partition coefficient (Wildman–Crippen LogP) is 2.41. The minimum atomic E-state index is -0.374. The summed E-state index contributed by atoms with van der Waals surface area (Å²) in [5, 5.41) is 13.0. The fraction of sp³-hybridized carbons (Fsp3) is 0.688. The summed E-state index contributed by atoms with van der Waals surface area (Å²) >= 11 is 0. The van der Waals surface area contributed by atoms with Crippen molar-refractivity contribution in [2.45, 2.75) is 45.6 Å². The summed E-state index contributed by atoms with van der Waals surface area (Å²) in [5.41, 5.74) is 0.481. The fourth-order valence-electron chi connectivity index (χ4n) is 3.09. The van der Waals surface area contributed by atoms with Gasteiger partial charge in [0, 0.05) is 18.6 Å². The zero-order chi connectivity index (χ0) is 15.3. The van der Waals surface area contributed by atoms with Crippen molar-refractivity contribution >= 4 is 5.97 Å². The highest BCUT2D eigenvalue weighted by Crippen LogP contribution is 2.35. The molecular weight excluding hydrogens is 270 g/mol. The van der Waals surface area contributed by atoms with Gasteiger partial charge in [-0.2, -0.15) is 0 Å². The van der Waals surface area contributed by atoms with E-state index < -0.39 is 0 Å². The van der Waals surface area contributed by atoms with Crippen LogP contribution in [0.5, 0.6) is 0 Å². The van der Waals surface area contributed by atoms with Crippen molar-refractivity contribution in [3.8, 4) is 0 Å². The van der Waals surface area contributed by atoms with Crippen molar-refractivity contribution in [2.24, 2.45) is 5.41 Å². The average Bonchev–Trinajstić information content (AvgIpc) is 2.88. The summed E-state index contributed by atoms with van der Waals surface area (Å²) in [7, 11) is 1.36. The summed E-state index contributed by atoms with van der Waals surface area (Å²) < 4.78 is 10.3. The van der Waals surface area contributed by atoms with Crippen LogP contribution in [0.2, 0.25) is 0 Å². The molecule has 0 atom stereocenters. The summed E-state index contributed by atoms with van der Waals surface area (Å²) in [6.07, 6.45) is 5.78. The third kappa shape index (κ3) is 3.86. The quantitative estimate of drug-likeness (QED) is 0.789. The van der Waals surface area contributed by atoms with Gasteiger partial charge in [-0.3, -0.25) is 0 Å². The van der Waals surface area contributed by atoms with Gasteiger partial charge in [0.15, 0.2) is 0 Å². The van der Waals surface area contributed by atoms with Gasteiger partial charge in [-0.15, -0.1) is 0 Å². The molecule has 1 saturated carbocycles. The Labute approximate surface area is 125 Å². The molecule has 0 spiro atoms. The minimum Gasteiger partial charge on any atom is -0.465 e. The second-order valence-corrected chi connectivity index (χ2v) is 6.00. The smallest absolute Gasteiger partial charge is 0.341 e. The number of aliphatic hydroxyl groups excluding tert-OH is 1. The van der Waals surface area contributed by atoms with E-state index in [1.807, 2.05) is 0 Å². The number of hydrogen-bond donors (Lipinski definition) is 2. The van der Waals surface area contributed by atoms with E-state index in [0.717, 1.165) is 25.1 Å². The molecule has 21 heavy (non-hydrogen) atoms. The van der Waals surface area contributed by atoms with Crippen LogP contribution in [0.1, 0.15) is 54.0 Å². The summed E-state index contributed by atoms with van der Waals surface area (Å²) in [5.74, 6) is 0.923. The summed E-state index contributed by atoms with van der Waals surface area (Å²) in [6.45, 7) is 3.31. The van der Waals surface area contributed by atoms with Gasteiger partial charge in [0.25, 0.3) is 0 Å². The SMILES string of the molecule is COC(=O)c1cc(CNCC2(CO)CCCCC2)oc1C. The third-order valence-corrected chi connectivity index (χ3v) is 4.42. The monoisotopic (exact) mass is 295 g/mol. The van der Waals surface area contributed by atoms with E-state index in [0.29, 0.717) is 17.9 Å². The van der Waals surface area contributed by atoms with E-state index in [1.165, 1.54) is 26.4 Å². The van der Waals surface area contributed by atoms with Crippen LogP contribution in [0.25, 0.3) is 0 Å². The van der Waals surface area contributed by atoms with E-state index in [1.54, 1.807) is 13.0 Å². The Morgan fingerprint density at radius 2 is 2.14 bits per heavy atom. The van der Waals surface area contributed by atoms with Gasteiger partial charge >= 0.3 is 5.97 Å². The molecule has 5 nitrogen and oxygen atoms in total. The number of hydrogen-bond acceptors (Lipinski definition) is 5. The molecule has 1 fully saturated rings. The van der Waals surface area contributed by atoms with Gasteiger partial charge in [-0.05, 0) is 25.8 Å². The summed E-state index contributed by atoms with van der Waals surface area (Å²) in [4.78, 5) is 11.5. The molecule has 1 aliphatic rings. The molecule has 0 bridgehead atoms. The Hall–Kier alpha value is -1.33. The van der Waals surface area contributed by atoms with Crippen LogP contribution in [0, 0.1) is 12.3 Å². The first-order valence-electron chi connectivity index (χ1n) is 7.59. The first kappa shape index (κ1) is 16.0. The number of methoxy groups -OCH3 is 1. The molecule has 2 rings (SSSR count). The maximum Gasteiger partial charge on any atom is 0.341 e. The second kappa shape index (κ2) is 7.09. The molecule has 0 unspecified atom stereocenters. The highest BCUT2D eigenvalue weighted by Gasteiger charge is 2.30. The van der Waals surface area contributed by atoms with Crippen molar-refractivity contribution < 1.29 is 19.1 Å².